The van der Waals surface area contributed by atoms with Crippen LogP contribution in [0.5, 0.6) is 0 Å². The van der Waals surface area contributed by atoms with E-state index < -0.39 is 5.97 Å². The molecular formula is C11H20N2O3. The van der Waals surface area contributed by atoms with Gasteiger partial charge in [0.05, 0.1) is 0 Å². The maximum absolute atomic E-state index is 11.7. The van der Waals surface area contributed by atoms with Crippen molar-refractivity contribution in [3.05, 3.63) is 0 Å². The van der Waals surface area contributed by atoms with E-state index in [1.807, 2.05) is 0 Å². The Balaban J connectivity index is 2.28. The maximum Gasteiger partial charge on any atom is 0.323 e. The summed E-state index contributed by atoms with van der Waals surface area (Å²) in [6.07, 6.45) is 2.45. The van der Waals surface area contributed by atoms with Crippen molar-refractivity contribution < 1.29 is 14.7 Å². The first-order valence-corrected chi connectivity index (χ1v) is 5.83. The number of hydrogen-bond acceptors (Lipinski definition) is 3. The number of rotatable bonds is 6. The van der Waals surface area contributed by atoms with Crippen LogP contribution in [0.2, 0.25) is 0 Å². The highest BCUT2D eigenvalue weighted by Crippen LogP contribution is 2.15. The molecule has 1 unspecified atom stereocenters. The van der Waals surface area contributed by atoms with Gasteiger partial charge in [0.25, 0.3) is 0 Å². The van der Waals surface area contributed by atoms with Gasteiger partial charge in [-0.15, -0.1) is 0 Å². The summed E-state index contributed by atoms with van der Waals surface area (Å²) >= 11 is 0. The number of likely N-dealkylation sites (N-methyl/N-ethyl adjacent to an activating group) is 1. The van der Waals surface area contributed by atoms with Crippen LogP contribution in [0, 0.1) is 5.92 Å². The molecule has 1 amide bonds. The average molecular weight is 228 g/mol. The summed E-state index contributed by atoms with van der Waals surface area (Å²) in [5.41, 5.74) is 0. The van der Waals surface area contributed by atoms with Crippen molar-refractivity contribution in [1.29, 1.82) is 0 Å². The smallest absolute Gasteiger partial charge is 0.323 e. The fraction of sp³-hybridized carbons (Fsp3) is 0.818. The molecule has 2 N–H and O–H groups in total. The van der Waals surface area contributed by atoms with E-state index in [1.54, 1.807) is 6.92 Å². The summed E-state index contributed by atoms with van der Waals surface area (Å²) in [6.45, 7) is 4.11. The minimum atomic E-state index is -0.947. The second-order valence-electron chi connectivity index (χ2n) is 4.20. The van der Waals surface area contributed by atoms with Crippen LogP contribution in [0.4, 0.5) is 0 Å². The van der Waals surface area contributed by atoms with Crippen molar-refractivity contribution in [2.75, 3.05) is 26.2 Å². The lowest BCUT2D eigenvalue weighted by Crippen LogP contribution is -2.35. The van der Waals surface area contributed by atoms with Crippen LogP contribution < -0.4 is 5.32 Å². The number of nitrogens with one attached hydrogen (secondary N) is 1. The van der Waals surface area contributed by atoms with Crippen molar-refractivity contribution in [3.63, 3.8) is 0 Å². The van der Waals surface area contributed by atoms with Crippen molar-refractivity contribution in [3.8, 4) is 0 Å². The van der Waals surface area contributed by atoms with Crippen molar-refractivity contribution >= 4 is 11.9 Å². The normalized spacial score (nSPS) is 19.7. The number of amides is 1. The topological polar surface area (TPSA) is 69.6 Å². The molecular weight excluding hydrogens is 208 g/mol. The summed E-state index contributed by atoms with van der Waals surface area (Å²) < 4.78 is 0. The predicted octanol–water partition coefficient (Wildman–Crippen LogP) is 0.309. The molecule has 0 aliphatic carbocycles. The van der Waals surface area contributed by atoms with Crippen LogP contribution in [-0.2, 0) is 9.59 Å². The number of carboxylic acid groups (broad SMARTS) is 1. The Morgan fingerprint density at radius 2 is 2.25 bits per heavy atom. The molecule has 1 atom stereocenters. The van der Waals surface area contributed by atoms with Crippen LogP contribution in [0.1, 0.15) is 26.2 Å². The van der Waals surface area contributed by atoms with E-state index in [2.05, 4.69) is 5.32 Å². The molecule has 0 radical (unpaired) electrons. The van der Waals surface area contributed by atoms with E-state index in [4.69, 9.17) is 5.11 Å². The average Bonchev–Trinajstić information content (AvgIpc) is 2.75. The van der Waals surface area contributed by atoms with Gasteiger partial charge in [-0.25, -0.2) is 0 Å². The monoisotopic (exact) mass is 228 g/mol. The van der Waals surface area contributed by atoms with E-state index in [-0.39, 0.29) is 12.5 Å². The molecule has 0 aromatic rings. The lowest BCUT2D eigenvalue weighted by Gasteiger charge is -2.19. The number of hydrogen-bond donors (Lipinski definition) is 2. The van der Waals surface area contributed by atoms with Crippen LogP contribution in [-0.4, -0.2) is 48.1 Å². The Hall–Kier alpha value is -1.10. The molecule has 0 aromatic carbocycles. The molecule has 1 rings (SSSR count). The van der Waals surface area contributed by atoms with Gasteiger partial charge in [0.2, 0.25) is 5.91 Å². The van der Waals surface area contributed by atoms with E-state index in [0.29, 0.717) is 18.9 Å². The second kappa shape index (κ2) is 6.48. The molecule has 0 aromatic heterocycles. The first-order chi connectivity index (χ1) is 7.63. The Morgan fingerprint density at radius 3 is 2.75 bits per heavy atom. The van der Waals surface area contributed by atoms with E-state index in [0.717, 1.165) is 25.9 Å². The highest BCUT2D eigenvalue weighted by Gasteiger charge is 2.19. The molecule has 92 valence electrons. The molecule has 16 heavy (non-hydrogen) atoms. The minimum Gasteiger partial charge on any atom is -0.480 e. The lowest BCUT2D eigenvalue weighted by atomic mass is 10.0. The standard InChI is InChI=1S/C11H20N2O3/c1-2-13(8-11(15)16)10(14)4-3-9-5-6-12-7-9/h9,12H,2-8H2,1H3,(H,15,16). The molecule has 5 nitrogen and oxygen atoms in total. The first-order valence-electron chi connectivity index (χ1n) is 5.83. The number of nitrogens with zero attached hydrogens (tertiary/aromatic N) is 1. The molecule has 0 bridgehead atoms. The fourth-order valence-electron chi connectivity index (χ4n) is 1.99. The Labute approximate surface area is 95.8 Å². The molecule has 1 heterocycles. The number of carbonyl (C=O) groups is 2. The fourth-order valence-corrected chi connectivity index (χ4v) is 1.99. The minimum absolute atomic E-state index is 0.0446. The van der Waals surface area contributed by atoms with Gasteiger partial charge in [0.1, 0.15) is 6.54 Å². The predicted molar refractivity (Wildman–Crippen MR) is 60.1 cm³/mol. The zero-order valence-corrected chi connectivity index (χ0v) is 9.74. The van der Waals surface area contributed by atoms with Gasteiger partial charge in [-0.1, -0.05) is 0 Å². The first kappa shape index (κ1) is 13.0. The van der Waals surface area contributed by atoms with Crippen molar-refractivity contribution in [2.45, 2.75) is 26.2 Å². The second-order valence-corrected chi connectivity index (χ2v) is 4.20. The number of aliphatic carboxylic acids is 1. The van der Waals surface area contributed by atoms with Gasteiger partial charge in [0, 0.05) is 13.0 Å². The van der Waals surface area contributed by atoms with E-state index >= 15 is 0 Å². The maximum atomic E-state index is 11.7. The number of carboxylic acids is 1. The van der Waals surface area contributed by atoms with Crippen molar-refractivity contribution in [2.24, 2.45) is 5.92 Å². The van der Waals surface area contributed by atoms with Gasteiger partial charge >= 0.3 is 5.97 Å². The third kappa shape index (κ3) is 4.18. The molecule has 5 heteroatoms. The van der Waals surface area contributed by atoms with E-state index in [9.17, 15) is 9.59 Å². The largest absolute Gasteiger partial charge is 0.480 e. The Morgan fingerprint density at radius 1 is 1.50 bits per heavy atom. The van der Waals surface area contributed by atoms with Gasteiger partial charge in [-0.2, -0.15) is 0 Å². The summed E-state index contributed by atoms with van der Waals surface area (Å²) in [6, 6.07) is 0. The number of carbonyl (C=O) groups excluding carboxylic acids is 1. The van der Waals surface area contributed by atoms with Gasteiger partial charge < -0.3 is 15.3 Å². The zero-order valence-electron chi connectivity index (χ0n) is 9.74. The van der Waals surface area contributed by atoms with Crippen LogP contribution in [0.15, 0.2) is 0 Å². The Kier molecular flexibility index (Phi) is 5.25. The SMILES string of the molecule is CCN(CC(=O)O)C(=O)CCC1CCNC1. The summed E-state index contributed by atoms with van der Waals surface area (Å²) in [7, 11) is 0. The Bertz CT molecular complexity index is 250. The van der Waals surface area contributed by atoms with Gasteiger partial charge in [-0.05, 0) is 38.8 Å². The van der Waals surface area contributed by atoms with Gasteiger partial charge in [0.15, 0.2) is 0 Å². The van der Waals surface area contributed by atoms with Crippen LogP contribution in [0.25, 0.3) is 0 Å². The van der Waals surface area contributed by atoms with E-state index in [1.165, 1.54) is 4.90 Å². The highest BCUT2D eigenvalue weighted by atomic mass is 16.4. The molecule has 0 spiro atoms. The molecule has 0 saturated carbocycles. The lowest BCUT2D eigenvalue weighted by molar-refractivity contribution is -0.144. The molecule has 1 saturated heterocycles. The summed E-state index contributed by atoms with van der Waals surface area (Å²) in [5.74, 6) is -0.415. The third-order valence-electron chi connectivity index (χ3n) is 2.99. The van der Waals surface area contributed by atoms with Crippen molar-refractivity contribution in [1.82, 2.24) is 10.2 Å². The van der Waals surface area contributed by atoms with Crippen LogP contribution in [0.3, 0.4) is 0 Å². The quantitative estimate of drug-likeness (QED) is 0.686. The van der Waals surface area contributed by atoms with Gasteiger partial charge in [-0.3, -0.25) is 9.59 Å². The molecule has 1 aliphatic rings. The zero-order chi connectivity index (χ0) is 12.0. The highest BCUT2D eigenvalue weighted by molar-refractivity contribution is 5.81. The summed E-state index contributed by atoms with van der Waals surface area (Å²) in [5, 5.41) is 11.9. The summed E-state index contributed by atoms with van der Waals surface area (Å²) in [4.78, 5) is 23.6. The third-order valence-corrected chi connectivity index (χ3v) is 2.99. The van der Waals surface area contributed by atoms with Crippen LogP contribution >= 0.6 is 0 Å². The molecule has 1 aliphatic heterocycles. The molecule has 1 fully saturated rings.